The van der Waals surface area contributed by atoms with Crippen LogP contribution in [0, 0.1) is 0 Å². The van der Waals surface area contributed by atoms with Crippen molar-refractivity contribution in [3.05, 3.63) is 48.0 Å². The van der Waals surface area contributed by atoms with Gasteiger partial charge in [-0.3, -0.25) is 4.57 Å². The summed E-state index contributed by atoms with van der Waals surface area (Å²) in [6, 6.07) is 14.2. The second-order valence-electron chi connectivity index (χ2n) is 6.96. The van der Waals surface area contributed by atoms with Gasteiger partial charge < -0.3 is 4.52 Å². The van der Waals surface area contributed by atoms with Gasteiger partial charge in [-0.1, -0.05) is 76.4 Å². The minimum absolute atomic E-state index is 0.0228. The van der Waals surface area contributed by atoms with Crippen molar-refractivity contribution in [2.24, 2.45) is 0 Å². The average Bonchev–Trinajstić information content (AvgIpc) is 2.55. The summed E-state index contributed by atoms with van der Waals surface area (Å²) in [5.74, 6) is 0.830. The second kappa shape index (κ2) is 6.53. The van der Waals surface area contributed by atoms with Gasteiger partial charge in [-0.2, -0.15) is 0 Å². The first kappa shape index (κ1) is 16.3. The van der Waals surface area contributed by atoms with E-state index in [0.717, 1.165) is 28.6 Å². The summed E-state index contributed by atoms with van der Waals surface area (Å²) in [5.41, 5.74) is 3.34. The van der Waals surface area contributed by atoms with Gasteiger partial charge in [0, 0.05) is 11.1 Å². The highest BCUT2D eigenvalue weighted by atomic mass is 31.1. The Morgan fingerprint density at radius 2 is 1.74 bits per heavy atom. The number of benzene rings is 2. The summed E-state index contributed by atoms with van der Waals surface area (Å²) < 4.78 is 18.5. The Labute approximate surface area is 139 Å². The number of para-hydroxylation sites is 1. The molecule has 0 fully saturated rings. The molecular weight excluding hydrogens is 303 g/mol. The zero-order chi connectivity index (χ0) is 16.4. The maximum Gasteiger partial charge on any atom is 0.266 e. The Balaban J connectivity index is 2.06. The normalized spacial score (nSPS) is 16.4. The summed E-state index contributed by atoms with van der Waals surface area (Å²) in [5, 5.41) is 0.839. The fourth-order valence-electron chi connectivity index (χ4n) is 3.39. The van der Waals surface area contributed by atoms with Gasteiger partial charge in [-0.25, -0.2) is 0 Å². The number of fused-ring (bicyclic) bond motifs is 3. The third-order valence-corrected chi connectivity index (χ3v) is 6.05. The van der Waals surface area contributed by atoms with Crippen LogP contribution in [-0.4, -0.2) is 0 Å². The van der Waals surface area contributed by atoms with Crippen LogP contribution in [0.15, 0.2) is 42.5 Å². The highest BCUT2D eigenvalue weighted by molar-refractivity contribution is 7.49. The first-order valence-corrected chi connectivity index (χ1v) is 9.81. The molecule has 0 amide bonds. The standard InChI is InChI=1S/C20H25O2P/c1-4-5-8-14-20(2,3)17-12-9-11-16-15-10-6-7-13-18(15)23(21)22-19(16)17/h6-7,9-13,23H,4-5,8,14H2,1-3H3. The first-order chi connectivity index (χ1) is 11.0. The Morgan fingerprint density at radius 1 is 1.00 bits per heavy atom. The summed E-state index contributed by atoms with van der Waals surface area (Å²) in [6.45, 7) is 6.75. The molecule has 0 spiro atoms. The third-order valence-electron chi connectivity index (χ3n) is 4.78. The Hall–Kier alpha value is -1.53. The lowest BCUT2D eigenvalue weighted by atomic mass is 9.78. The molecule has 0 aliphatic carbocycles. The zero-order valence-corrected chi connectivity index (χ0v) is 15.2. The third kappa shape index (κ3) is 3.10. The van der Waals surface area contributed by atoms with Crippen LogP contribution >= 0.6 is 8.03 Å². The van der Waals surface area contributed by atoms with Crippen LogP contribution < -0.4 is 9.83 Å². The Bertz CT molecular complexity index is 734. The van der Waals surface area contributed by atoms with Crippen LogP contribution in [0.1, 0.15) is 52.0 Å². The molecule has 1 atom stereocenters. The topological polar surface area (TPSA) is 26.3 Å². The van der Waals surface area contributed by atoms with E-state index in [2.05, 4.69) is 39.0 Å². The molecular formula is C20H25O2P. The number of hydrogen-bond acceptors (Lipinski definition) is 2. The van der Waals surface area contributed by atoms with Crippen molar-refractivity contribution in [3.8, 4) is 16.9 Å². The smallest absolute Gasteiger partial charge is 0.266 e. The lowest BCUT2D eigenvalue weighted by molar-refractivity contribution is 0.432. The first-order valence-electron chi connectivity index (χ1n) is 8.49. The van der Waals surface area contributed by atoms with E-state index in [1.165, 1.54) is 24.8 Å². The summed E-state index contributed by atoms with van der Waals surface area (Å²) in [7, 11) is -2.22. The van der Waals surface area contributed by atoms with Gasteiger partial charge in [0.25, 0.3) is 8.03 Å². The van der Waals surface area contributed by atoms with Gasteiger partial charge in [0.2, 0.25) is 0 Å². The highest BCUT2D eigenvalue weighted by Gasteiger charge is 2.30. The van der Waals surface area contributed by atoms with Crippen molar-refractivity contribution >= 4 is 13.3 Å². The molecule has 3 rings (SSSR count). The molecule has 0 bridgehead atoms. The van der Waals surface area contributed by atoms with E-state index >= 15 is 0 Å². The fraction of sp³-hybridized carbons (Fsp3) is 0.400. The van der Waals surface area contributed by atoms with Crippen molar-refractivity contribution in [3.63, 3.8) is 0 Å². The molecule has 0 aromatic heterocycles. The molecule has 0 N–H and O–H groups in total. The quantitative estimate of drug-likeness (QED) is 0.519. The summed E-state index contributed by atoms with van der Waals surface area (Å²) in [4.78, 5) is 0. The van der Waals surface area contributed by atoms with Crippen LogP contribution in [0.5, 0.6) is 5.75 Å². The van der Waals surface area contributed by atoms with E-state index in [9.17, 15) is 4.57 Å². The van der Waals surface area contributed by atoms with Gasteiger partial charge in [0.05, 0.1) is 5.30 Å². The lowest BCUT2D eigenvalue weighted by Gasteiger charge is -2.31. The zero-order valence-electron chi connectivity index (χ0n) is 14.2. The van der Waals surface area contributed by atoms with Crippen LogP contribution in [0.3, 0.4) is 0 Å². The van der Waals surface area contributed by atoms with E-state index in [1.54, 1.807) is 0 Å². The molecule has 2 aromatic rings. The van der Waals surface area contributed by atoms with Crippen molar-refractivity contribution in [2.75, 3.05) is 0 Å². The average molecular weight is 328 g/mol. The van der Waals surface area contributed by atoms with E-state index < -0.39 is 8.03 Å². The van der Waals surface area contributed by atoms with Crippen molar-refractivity contribution in [1.29, 1.82) is 0 Å². The molecule has 122 valence electrons. The van der Waals surface area contributed by atoms with Crippen molar-refractivity contribution in [2.45, 2.75) is 51.9 Å². The molecule has 0 saturated heterocycles. The number of rotatable bonds is 5. The predicted octanol–water partition coefficient (Wildman–Crippen LogP) is 5.70. The lowest BCUT2D eigenvalue weighted by Crippen LogP contribution is -2.20. The molecule has 1 unspecified atom stereocenters. The van der Waals surface area contributed by atoms with E-state index in [-0.39, 0.29) is 5.41 Å². The SMILES string of the molecule is CCCCCC(C)(C)c1cccc2c1O[PH](=O)c1ccccc1-2. The van der Waals surface area contributed by atoms with Crippen molar-refractivity contribution in [1.82, 2.24) is 0 Å². The monoisotopic (exact) mass is 328 g/mol. The molecule has 3 heteroatoms. The van der Waals surface area contributed by atoms with E-state index in [4.69, 9.17) is 4.52 Å². The largest absolute Gasteiger partial charge is 0.441 e. The van der Waals surface area contributed by atoms with Gasteiger partial charge in [-0.05, 0) is 23.5 Å². The van der Waals surface area contributed by atoms with Gasteiger partial charge in [-0.15, -0.1) is 0 Å². The minimum Gasteiger partial charge on any atom is -0.441 e. The van der Waals surface area contributed by atoms with Crippen LogP contribution in [0.4, 0.5) is 0 Å². The highest BCUT2D eigenvalue weighted by Crippen LogP contribution is 2.48. The summed E-state index contributed by atoms with van der Waals surface area (Å²) >= 11 is 0. The van der Waals surface area contributed by atoms with Crippen LogP contribution in [0.25, 0.3) is 11.1 Å². The van der Waals surface area contributed by atoms with Gasteiger partial charge in [0.15, 0.2) is 0 Å². The van der Waals surface area contributed by atoms with Crippen LogP contribution in [-0.2, 0) is 9.98 Å². The summed E-state index contributed by atoms with van der Waals surface area (Å²) in [6.07, 6.45) is 4.79. The fourth-order valence-corrected chi connectivity index (χ4v) is 4.57. The molecule has 23 heavy (non-hydrogen) atoms. The second-order valence-corrected chi connectivity index (χ2v) is 8.28. The molecule has 1 aliphatic heterocycles. The van der Waals surface area contributed by atoms with Gasteiger partial charge >= 0.3 is 0 Å². The number of hydrogen-bond donors (Lipinski definition) is 0. The van der Waals surface area contributed by atoms with E-state index in [1.807, 2.05) is 24.3 Å². The Kier molecular flexibility index (Phi) is 4.64. The maximum atomic E-state index is 12.6. The molecule has 1 aliphatic rings. The minimum atomic E-state index is -2.22. The molecule has 0 radical (unpaired) electrons. The molecule has 0 saturated carbocycles. The van der Waals surface area contributed by atoms with E-state index in [0.29, 0.717) is 0 Å². The maximum absolute atomic E-state index is 12.6. The molecule has 2 nitrogen and oxygen atoms in total. The molecule has 1 heterocycles. The number of unbranched alkanes of at least 4 members (excludes halogenated alkanes) is 2. The molecule has 2 aromatic carbocycles. The Morgan fingerprint density at radius 3 is 2.52 bits per heavy atom. The van der Waals surface area contributed by atoms with Crippen molar-refractivity contribution < 1.29 is 9.09 Å². The predicted molar refractivity (Wildman–Crippen MR) is 98.3 cm³/mol. The van der Waals surface area contributed by atoms with Gasteiger partial charge in [0.1, 0.15) is 5.75 Å². The van der Waals surface area contributed by atoms with Crippen LogP contribution in [0.2, 0.25) is 0 Å².